The quantitative estimate of drug-likeness (QED) is 0.844. The number of benzene rings is 1. The molecule has 24 heavy (non-hydrogen) atoms. The Hall–Kier alpha value is -2.44. The Kier molecular flexibility index (Phi) is 5.89. The molecule has 0 radical (unpaired) electrons. The lowest BCUT2D eigenvalue weighted by molar-refractivity contribution is -0.0501. The van der Waals surface area contributed by atoms with Gasteiger partial charge in [-0.1, -0.05) is 19.1 Å². The zero-order chi connectivity index (χ0) is 17.7. The van der Waals surface area contributed by atoms with Crippen LogP contribution >= 0.6 is 0 Å². The van der Waals surface area contributed by atoms with Crippen LogP contribution in [0.25, 0.3) is 0 Å². The molecule has 0 saturated carbocycles. The summed E-state index contributed by atoms with van der Waals surface area (Å²) in [4.78, 5) is 12.2. The first-order chi connectivity index (χ1) is 11.4. The fraction of sp³-hybridized carbons (Fsp3) is 0.412. The van der Waals surface area contributed by atoms with E-state index in [0.717, 1.165) is 11.4 Å². The van der Waals surface area contributed by atoms with E-state index in [1.807, 2.05) is 31.5 Å². The molecule has 2 rings (SSSR count). The molecule has 0 aliphatic carbocycles. The molecule has 1 aromatic carbocycles. The maximum atomic E-state index is 12.4. The fourth-order valence-corrected chi connectivity index (χ4v) is 2.43. The molecule has 7 heteroatoms. The number of alkyl halides is 2. The summed E-state index contributed by atoms with van der Waals surface area (Å²) in [7, 11) is 0. The predicted molar refractivity (Wildman–Crippen MR) is 86.3 cm³/mol. The van der Waals surface area contributed by atoms with Crippen LogP contribution in [0.1, 0.15) is 28.7 Å². The van der Waals surface area contributed by atoms with Gasteiger partial charge in [0.2, 0.25) is 0 Å². The van der Waals surface area contributed by atoms with E-state index in [2.05, 4.69) is 15.2 Å². The second kappa shape index (κ2) is 7.90. The summed E-state index contributed by atoms with van der Waals surface area (Å²) in [6, 6.07) is 7.94. The molecule has 0 saturated heterocycles. The largest absolute Gasteiger partial charge is 0.434 e. The zero-order valence-electron chi connectivity index (χ0n) is 13.9. The number of nitrogens with zero attached hydrogens (tertiary/aromatic N) is 2. The summed E-state index contributed by atoms with van der Waals surface area (Å²) in [5.41, 5.74) is 2.10. The lowest BCUT2D eigenvalue weighted by Gasteiger charge is -2.15. The minimum Gasteiger partial charge on any atom is -0.434 e. The summed E-state index contributed by atoms with van der Waals surface area (Å²) in [5, 5.41) is 7.14. The molecule has 1 atom stereocenters. The van der Waals surface area contributed by atoms with Crippen LogP contribution < -0.4 is 10.1 Å². The monoisotopic (exact) mass is 337 g/mol. The number of halogens is 2. The average molecular weight is 337 g/mol. The summed E-state index contributed by atoms with van der Waals surface area (Å²) < 4.78 is 31.1. The first-order valence-corrected chi connectivity index (χ1v) is 7.70. The van der Waals surface area contributed by atoms with Crippen molar-refractivity contribution in [1.82, 2.24) is 15.1 Å². The molecule has 5 nitrogen and oxygen atoms in total. The van der Waals surface area contributed by atoms with E-state index in [9.17, 15) is 13.6 Å². The van der Waals surface area contributed by atoms with E-state index in [1.54, 1.807) is 12.1 Å². The van der Waals surface area contributed by atoms with E-state index < -0.39 is 12.5 Å². The van der Waals surface area contributed by atoms with Crippen molar-refractivity contribution >= 4 is 5.91 Å². The predicted octanol–water partition coefficient (Wildman–Crippen LogP) is 3.17. The van der Waals surface area contributed by atoms with Crippen LogP contribution in [0.5, 0.6) is 5.75 Å². The lowest BCUT2D eigenvalue weighted by atomic mass is 10.1. The molecule has 2 aromatic rings. The standard InChI is InChI=1S/C17H21F2N3O2/c1-11(10-22-13(3)8-12(2)21-22)9-20-16(23)14-6-4-5-7-15(14)24-17(18)19/h4-8,11,17H,9-10H2,1-3H3,(H,20,23). The van der Waals surface area contributed by atoms with E-state index in [4.69, 9.17) is 0 Å². The van der Waals surface area contributed by atoms with Gasteiger partial charge in [0, 0.05) is 18.8 Å². The molecule has 0 spiro atoms. The number of hydrogen-bond donors (Lipinski definition) is 1. The Balaban J connectivity index is 1.94. The third-order valence-electron chi connectivity index (χ3n) is 3.55. The van der Waals surface area contributed by atoms with Gasteiger partial charge in [0.05, 0.1) is 11.3 Å². The number of nitrogens with one attached hydrogen (secondary N) is 1. The molecular weight excluding hydrogens is 316 g/mol. The normalized spacial score (nSPS) is 12.2. The Morgan fingerprint density at radius 3 is 2.67 bits per heavy atom. The maximum absolute atomic E-state index is 12.4. The van der Waals surface area contributed by atoms with Crippen LogP contribution in [-0.2, 0) is 6.54 Å². The highest BCUT2D eigenvalue weighted by molar-refractivity contribution is 5.96. The van der Waals surface area contributed by atoms with Crippen molar-refractivity contribution in [2.75, 3.05) is 6.54 Å². The van der Waals surface area contributed by atoms with Crippen LogP contribution in [0.4, 0.5) is 8.78 Å². The van der Waals surface area contributed by atoms with Gasteiger partial charge in [-0.05, 0) is 38.0 Å². The topological polar surface area (TPSA) is 56.2 Å². The van der Waals surface area contributed by atoms with E-state index >= 15 is 0 Å². The van der Waals surface area contributed by atoms with Gasteiger partial charge in [0.1, 0.15) is 5.75 Å². The van der Waals surface area contributed by atoms with Crippen molar-refractivity contribution in [3.63, 3.8) is 0 Å². The molecule has 1 N–H and O–H groups in total. The molecule has 0 bridgehead atoms. The maximum Gasteiger partial charge on any atom is 0.387 e. The number of amides is 1. The van der Waals surface area contributed by atoms with Gasteiger partial charge in [0.25, 0.3) is 5.91 Å². The molecule has 1 aromatic heterocycles. The van der Waals surface area contributed by atoms with Gasteiger partial charge in [-0.25, -0.2) is 0 Å². The highest BCUT2D eigenvalue weighted by Gasteiger charge is 2.16. The molecule has 0 aliphatic heterocycles. The second-order valence-corrected chi connectivity index (χ2v) is 5.80. The first kappa shape index (κ1) is 17.9. The number of para-hydroxylation sites is 1. The molecule has 1 heterocycles. The SMILES string of the molecule is Cc1cc(C)n(CC(C)CNC(=O)c2ccccc2OC(F)F)n1. The van der Waals surface area contributed by atoms with Crippen LogP contribution in [0.3, 0.4) is 0 Å². The minimum absolute atomic E-state index is 0.0936. The van der Waals surface area contributed by atoms with Crippen molar-refractivity contribution in [1.29, 1.82) is 0 Å². The minimum atomic E-state index is -2.97. The molecular formula is C17H21F2N3O2. The zero-order valence-corrected chi connectivity index (χ0v) is 13.9. The Morgan fingerprint density at radius 1 is 1.33 bits per heavy atom. The van der Waals surface area contributed by atoms with Gasteiger partial charge < -0.3 is 10.1 Å². The second-order valence-electron chi connectivity index (χ2n) is 5.80. The number of rotatable bonds is 7. The third-order valence-corrected chi connectivity index (χ3v) is 3.55. The average Bonchev–Trinajstić information content (AvgIpc) is 2.82. The first-order valence-electron chi connectivity index (χ1n) is 7.70. The van der Waals surface area contributed by atoms with Gasteiger partial charge >= 0.3 is 6.61 Å². The number of carbonyl (C=O) groups is 1. The van der Waals surface area contributed by atoms with Crippen LogP contribution in [0.15, 0.2) is 30.3 Å². The van der Waals surface area contributed by atoms with Crippen LogP contribution in [0, 0.1) is 19.8 Å². The highest BCUT2D eigenvalue weighted by atomic mass is 19.3. The molecule has 0 fully saturated rings. The van der Waals surface area contributed by atoms with Gasteiger partial charge in [0.15, 0.2) is 0 Å². The smallest absolute Gasteiger partial charge is 0.387 e. The summed E-state index contributed by atoms with van der Waals surface area (Å²) in [5.74, 6) is -0.433. The number of carbonyl (C=O) groups excluding carboxylic acids is 1. The number of hydrogen-bond acceptors (Lipinski definition) is 3. The highest BCUT2D eigenvalue weighted by Crippen LogP contribution is 2.20. The van der Waals surface area contributed by atoms with Crippen molar-refractivity contribution < 1.29 is 18.3 Å². The number of ether oxygens (including phenoxy) is 1. The van der Waals surface area contributed by atoms with Crippen molar-refractivity contribution in [2.45, 2.75) is 33.9 Å². The molecule has 1 unspecified atom stereocenters. The van der Waals surface area contributed by atoms with Crippen molar-refractivity contribution in [3.8, 4) is 5.75 Å². The Labute approximate surface area is 139 Å². The van der Waals surface area contributed by atoms with Crippen molar-refractivity contribution in [3.05, 3.63) is 47.3 Å². The number of aryl methyl sites for hydroxylation is 2. The summed E-state index contributed by atoms with van der Waals surface area (Å²) >= 11 is 0. The molecule has 1 amide bonds. The van der Waals surface area contributed by atoms with Crippen LogP contribution in [-0.4, -0.2) is 28.8 Å². The Morgan fingerprint density at radius 2 is 2.04 bits per heavy atom. The fourth-order valence-electron chi connectivity index (χ4n) is 2.43. The van der Waals surface area contributed by atoms with E-state index in [0.29, 0.717) is 13.1 Å². The van der Waals surface area contributed by atoms with Crippen molar-refractivity contribution in [2.24, 2.45) is 5.92 Å². The summed E-state index contributed by atoms with van der Waals surface area (Å²) in [6.45, 7) is 3.98. The van der Waals surface area contributed by atoms with Gasteiger partial charge in [-0.15, -0.1) is 0 Å². The molecule has 130 valence electrons. The Bertz CT molecular complexity index is 701. The van der Waals surface area contributed by atoms with E-state index in [1.165, 1.54) is 12.1 Å². The van der Waals surface area contributed by atoms with Gasteiger partial charge in [-0.3, -0.25) is 9.48 Å². The van der Waals surface area contributed by atoms with Gasteiger partial charge in [-0.2, -0.15) is 13.9 Å². The van der Waals surface area contributed by atoms with E-state index in [-0.39, 0.29) is 17.2 Å². The summed E-state index contributed by atoms with van der Waals surface area (Å²) in [6.07, 6.45) is 0. The third kappa shape index (κ3) is 4.78. The molecule has 0 aliphatic rings. The lowest BCUT2D eigenvalue weighted by Crippen LogP contribution is -2.30. The van der Waals surface area contributed by atoms with Crippen LogP contribution in [0.2, 0.25) is 0 Å². The number of aromatic nitrogens is 2.